The molecule has 2 aromatic rings. The van der Waals surface area contributed by atoms with Gasteiger partial charge < -0.3 is 25.8 Å². The quantitative estimate of drug-likeness (QED) is 0.189. The Morgan fingerprint density at radius 3 is 2.52 bits per heavy atom. The van der Waals surface area contributed by atoms with Crippen LogP contribution in [0, 0.1) is 6.92 Å². The first kappa shape index (κ1) is 24.5. The van der Waals surface area contributed by atoms with Crippen molar-refractivity contribution in [3.8, 4) is 11.5 Å². The maximum Gasteiger partial charge on any atom is 0.246 e. The van der Waals surface area contributed by atoms with Crippen LogP contribution in [0.2, 0.25) is 0 Å². The van der Waals surface area contributed by atoms with Gasteiger partial charge in [0.25, 0.3) is 0 Å². The third kappa shape index (κ3) is 8.59. The summed E-state index contributed by atoms with van der Waals surface area (Å²) in [5, 5.41) is 18.4. The lowest BCUT2D eigenvalue weighted by Crippen LogP contribution is -2.39. The number of carbonyl (C=O) groups is 1. The summed E-state index contributed by atoms with van der Waals surface area (Å²) in [6.07, 6.45) is 0.773. The molecule has 0 atom stereocenters. The van der Waals surface area contributed by atoms with Crippen molar-refractivity contribution >= 4 is 41.5 Å². The second-order valence-corrected chi connectivity index (χ2v) is 6.28. The highest BCUT2D eigenvalue weighted by Crippen LogP contribution is 2.19. The Balaban J connectivity index is 0.00000420. The highest BCUT2D eigenvalue weighted by atomic mass is 127. The number of aliphatic imine (C=N–C) groups is 1. The zero-order chi connectivity index (χ0) is 20.4. The first-order chi connectivity index (χ1) is 13.5. The Morgan fingerprint density at radius 2 is 1.86 bits per heavy atom. The van der Waals surface area contributed by atoms with E-state index in [9.17, 15) is 9.90 Å². The standard InChI is InChI=1S/C21H28N4O3.HI/c1-4-22-21(23-12-11-16-13-15(2)5-10-19(16)28-3)24-14-20(27)25-17-6-8-18(26)9-7-17;/h5-10,13,26H,4,11-12,14H2,1-3H3,(H,25,27)(H2,22,23,24);1H. The van der Waals surface area contributed by atoms with Gasteiger partial charge in [-0.2, -0.15) is 0 Å². The van der Waals surface area contributed by atoms with Gasteiger partial charge in [0.2, 0.25) is 5.91 Å². The lowest BCUT2D eigenvalue weighted by molar-refractivity contribution is -0.114. The molecule has 0 spiro atoms. The number of nitrogens with one attached hydrogen (secondary N) is 3. The first-order valence-electron chi connectivity index (χ1n) is 9.26. The monoisotopic (exact) mass is 512 g/mol. The van der Waals surface area contributed by atoms with Gasteiger partial charge in [-0.15, -0.1) is 24.0 Å². The zero-order valence-corrected chi connectivity index (χ0v) is 19.3. The number of aromatic hydroxyl groups is 1. The summed E-state index contributed by atoms with van der Waals surface area (Å²) in [7, 11) is 1.67. The topological polar surface area (TPSA) is 95.0 Å². The van der Waals surface area contributed by atoms with Crippen molar-refractivity contribution in [3.05, 3.63) is 53.6 Å². The van der Waals surface area contributed by atoms with E-state index < -0.39 is 0 Å². The number of anilines is 1. The van der Waals surface area contributed by atoms with E-state index >= 15 is 0 Å². The number of ether oxygens (including phenoxy) is 1. The number of benzene rings is 2. The van der Waals surface area contributed by atoms with Gasteiger partial charge in [-0.1, -0.05) is 17.7 Å². The average molecular weight is 512 g/mol. The number of guanidine groups is 1. The maximum absolute atomic E-state index is 12.1. The lowest BCUT2D eigenvalue weighted by atomic mass is 10.1. The Hall–Kier alpha value is -2.49. The van der Waals surface area contributed by atoms with Crippen LogP contribution in [-0.4, -0.2) is 43.7 Å². The fourth-order valence-electron chi connectivity index (χ4n) is 2.66. The molecule has 0 bridgehead atoms. The van der Waals surface area contributed by atoms with Crippen molar-refractivity contribution in [2.75, 3.05) is 32.1 Å². The van der Waals surface area contributed by atoms with E-state index in [1.54, 1.807) is 19.2 Å². The maximum atomic E-state index is 12.1. The molecular weight excluding hydrogens is 483 g/mol. The van der Waals surface area contributed by atoms with Gasteiger partial charge in [-0.05, 0) is 56.2 Å². The largest absolute Gasteiger partial charge is 0.508 e. The molecule has 0 radical (unpaired) electrons. The predicted octanol–water partition coefficient (Wildman–Crippen LogP) is 3.06. The number of amides is 1. The van der Waals surface area contributed by atoms with E-state index in [1.165, 1.54) is 17.7 Å². The number of hydrogen-bond donors (Lipinski definition) is 4. The molecule has 0 aliphatic rings. The molecular formula is C21H29IN4O3. The van der Waals surface area contributed by atoms with Crippen LogP contribution in [0.3, 0.4) is 0 Å². The van der Waals surface area contributed by atoms with Gasteiger partial charge >= 0.3 is 0 Å². The molecule has 0 saturated carbocycles. The number of rotatable bonds is 8. The van der Waals surface area contributed by atoms with Gasteiger partial charge in [0.05, 0.1) is 7.11 Å². The van der Waals surface area contributed by atoms with Crippen LogP contribution in [0.5, 0.6) is 11.5 Å². The van der Waals surface area contributed by atoms with E-state index in [0.29, 0.717) is 24.7 Å². The number of aryl methyl sites for hydroxylation is 1. The Morgan fingerprint density at radius 1 is 1.14 bits per heavy atom. The van der Waals surface area contributed by atoms with Crippen LogP contribution < -0.4 is 20.7 Å². The highest BCUT2D eigenvalue weighted by Gasteiger charge is 2.06. The van der Waals surface area contributed by atoms with Gasteiger partial charge in [0.15, 0.2) is 5.96 Å². The van der Waals surface area contributed by atoms with Crippen molar-refractivity contribution in [2.45, 2.75) is 20.3 Å². The summed E-state index contributed by atoms with van der Waals surface area (Å²) >= 11 is 0. The molecule has 1 amide bonds. The van der Waals surface area contributed by atoms with Crippen molar-refractivity contribution in [3.63, 3.8) is 0 Å². The Labute approximate surface area is 189 Å². The summed E-state index contributed by atoms with van der Waals surface area (Å²) < 4.78 is 5.41. The van der Waals surface area contributed by atoms with Gasteiger partial charge in [-0.3, -0.25) is 4.79 Å². The Kier molecular flexibility index (Phi) is 10.9. The summed E-state index contributed by atoms with van der Waals surface area (Å²) in [6.45, 7) is 5.36. The average Bonchev–Trinajstić information content (AvgIpc) is 2.68. The van der Waals surface area contributed by atoms with Crippen LogP contribution in [0.25, 0.3) is 0 Å². The van der Waals surface area contributed by atoms with Gasteiger partial charge in [0.1, 0.15) is 18.0 Å². The van der Waals surface area contributed by atoms with E-state index in [-0.39, 0.29) is 42.2 Å². The molecule has 2 aromatic carbocycles. The number of carbonyl (C=O) groups excluding carboxylic acids is 1. The van der Waals surface area contributed by atoms with Gasteiger partial charge in [-0.25, -0.2) is 4.99 Å². The molecule has 29 heavy (non-hydrogen) atoms. The molecule has 0 heterocycles. The van der Waals surface area contributed by atoms with Gasteiger partial charge in [0, 0.05) is 18.8 Å². The summed E-state index contributed by atoms with van der Waals surface area (Å²) in [5.41, 5.74) is 2.92. The highest BCUT2D eigenvalue weighted by molar-refractivity contribution is 14.0. The summed E-state index contributed by atoms with van der Waals surface area (Å²) in [5.74, 6) is 1.36. The number of halogens is 1. The number of methoxy groups -OCH3 is 1. The van der Waals surface area contributed by atoms with Crippen LogP contribution in [-0.2, 0) is 11.2 Å². The molecule has 7 nitrogen and oxygen atoms in total. The normalized spacial score (nSPS) is 10.7. The zero-order valence-electron chi connectivity index (χ0n) is 17.0. The molecule has 2 rings (SSSR count). The molecule has 4 N–H and O–H groups in total. The van der Waals surface area contributed by atoms with E-state index in [2.05, 4.69) is 33.9 Å². The fraction of sp³-hybridized carbons (Fsp3) is 0.333. The van der Waals surface area contributed by atoms with Crippen LogP contribution >= 0.6 is 24.0 Å². The molecule has 0 unspecified atom stereocenters. The number of hydrogen-bond acceptors (Lipinski definition) is 4. The predicted molar refractivity (Wildman–Crippen MR) is 128 cm³/mol. The molecule has 158 valence electrons. The van der Waals surface area contributed by atoms with Crippen molar-refractivity contribution in [1.29, 1.82) is 0 Å². The SMILES string of the molecule is CCNC(=NCC(=O)Nc1ccc(O)cc1)NCCc1cc(C)ccc1OC.I. The lowest BCUT2D eigenvalue weighted by Gasteiger charge is -2.13. The smallest absolute Gasteiger partial charge is 0.246 e. The number of phenolic OH excluding ortho intramolecular Hbond substituents is 1. The third-order valence-corrected chi connectivity index (χ3v) is 4.00. The van der Waals surface area contributed by atoms with Crippen LogP contribution in [0.1, 0.15) is 18.1 Å². The van der Waals surface area contributed by atoms with Crippen molar-refractivity contribution < 1.29 is 14.6 Å². The minimum Gasteiger partial charge on any atom is -0.508 e. The van der Waals surface area contributed by atoms with E-state index in [1.807, 2.05) is 19.1 Å². The fourth-order valence-corrected chi connectivity index (χ4v) is 2.66. The third-order valence-electron chi connectivity index (χ3n) is 4.00. The van der Waals surface area contributed by atoms with E-state index in [0.717, 1.165) is 17.7 Å². The molecule has 8 heteroatoms. The molecule has 0 aromatic heterocycles. The molecule has 0 aliphatic heterocycles. The Bertz CT molecular complexity index is 810. The second-order valence-electron chi connectivity index (χ2n) is 6.28. The minimum atomic E-state index is -0.233. The second kappa shape index (κ2) is 12.9. The van der Waals surface area contributed by atoms with Crippen molar-refractivity contribution in [1.82, 2.24) is 10.6 Å². The minimum absolute atomic E-state index is 0. The summed E-state index contributed by atoms with van der Waals surface area (Å²) in [4.78, 5) is 16.4. The van der Waals surface area contributed by atoms with Crippen LogP contribution in [0.15, 0.2) is 47.5 Å². The van der Waals surface area contributed by atoms with Crippen molar-refractivity contribution in [2.24, 2.45) is 4.99 Å². The first-order valence-corrected chi connectivity index (χ1v) is 9.26. The molecule has 0 saturated heterocycles. The molecule has 0 fully saturated rings. The van der Waals surface area contributed by atoms with E-state index in [4.69, 9.17) is 4.74 Å². The van der Waals surface area contributed by atoms with Crippen LogP contribution in [0.4, 0.5) is 5.69 Å². The number of phenols is 1. The number of nitrogens with zero attached hydrogens (tertiary/aromatic N) is 1. The molecule has 0 aliphatic carbocycles. The summed E-state index contributed by atoms with van der Waals surface area (Å²) in [6, 6.07) is 12.4.